The Bertz CT molecular complexity index is 1080. The van der Waals surface area contributed by atoms with E-state index < -0.39 is 33.7 Å². The summed E-state index contributed by atoms with van der Waals surface area (Å²) in [5.41, 5.74) is -2.10. The van der Waals surface area contributed by atoms with Crippen molar-refractivity contribution in [3.8, 4) is 0 Å². The van der Waals surface area contributed by atoms with Crippen LogP contribution in [0.4, 0.5) is 28.2 Å². The van der Waals surface area contributed by atoms with Crippen LogP contribution in [0.15, 0.2) is 10.5 Å². The molecule has 174 valence electrons. The van der Waals surface area contributed by atoms with Crippen molar-refractivity contribution in [1.29, 1.82) is 0 Å². The number of anilines is 1. The number of hydrogen-bond donors (Lipinski definition) is 0. The van der Waals surface area contributed by atoms with Crippen LogP contribution in [0.1, 0.15) is 39.2 Å². The molecular weight excluding hydrogens is 520 g/mol. The van der Waals surface area contributed by atoms with E-state index in [1.54, 1.807) is 20.8 Å². The molecule has 6 nitrogen and oxygen atoms in total. The quantitative estimate of drug-likeness (QED) is 0.365. The van der Waals surface area contributed by atoms with Gasteiger partial charge in [0.25, 0.3) is 0 Å². The van der Waals surface area contributed by atoms with Crippen molar-refractivity contribution in [1.82, 2.24) is 14.9 Å². The molecule has 32 heavy (non-hydrogen) atoms. The molecule has 1 aliphatic carbocycles. The van der Waals surface area contributed by atoms with E-state index in [0.29, 0.717) is 13.1 Å². The number of alkyl halides is 3. The van der Waals surface area contributed by atoms with Gasteiger partial charge in [-0.3, -0.25) is 0 Å². The van der Waals surface area contributed by atoms with Crippen LogP contribution in [-0.4, -0.2) is 51.7 Å². The average molecular weight is 540 g/mol. The molecule has 0 bridgehead atoms. The SMILES string of the molecule is CC(C)(C)OC(=O)N1CC(N(c2nc(Cl)nc3c(F)c(Br)c(C(F)(F)F)cc23)C2CC2)C1. The Kier molecular flexibility index (Phi) is 5.72. The number of benzene rings is 1. The first-order valence-electron chi connectivity index (χ1n) is 9.95. The van der Waals surface area contributed by atoms with Crippen LogP contribution >= 0.6 is 27.5 Å². The monoisotopic (exact) mass is 538 g/mol. The molecule has 1 saturated heterocycles. The van der Waals surface area contributed by atoms with Crippen LogP contribution < -0.4 is 4.90 Å². The van der Waals surface area contributed by atoms with E-state index in [1.165, 1.54) is 4.90 Å². The highest BCUT2D eigenvalue weighted by Gasteiger charge is 2.44. The van der Waals surface area contributed by atoms with Gasteiger partial charge < -0.3 is 14.5 Å². The van der Waals surface area contributed by atoms with Crippen molar-refractivity contribution in [3.63, 3.8) is 0 Å². The predicted molar refractivity (Wildman–Crippen MR) is 114 cm³/mol. The number of aromatic nitrogens is 2. The van der Waals surface area contributed by atoms with Gasteiger partial charge in [0.1, 0.15) is 16.9 Å². The smallest absolute Gasteiger partial charge is 0.417 e. The summed E-state index contributed by atoms with van der Waals surface area (Å²) in [5, 5.41) is -0.350. The number of rotatable bonds is 3. The van der Waals surface area contributed by atoms with Gasteiger partial charge in [0, 0.05) is 24.5 Å². The van der Waals surface area contributed by atoms with Gasteiger partial charge in [-0.1, -0.05) is 0 Å². The second-order valence-electron chi connectivity index (χ2n) is 8.94. The van der Waals surface area contributed by atoms with E-state index in [1.807, 2.05) is 4.90 Å². The number of carbonyl (C=O) groups is 1. The second kappa shape index (κ2) is 7.86. The van der Waals surface area contributed by atoms with Crippen LogP contribution in [0.2, 0.25) is 5.28 Å². The molecule has 0 spiro atoms. The van der Waals surface area contributed by atoms with Gasteiger partial charge in [0.15, 0.2) is 5.82 Å². The van der Waals surface area contributed by atoms with E-state index in [9.17, 15) is 22.4 Å². The number of likely N-dealkylation sites (tertiary alicyclic amines) is 1. The molecule has 1 aliphatic heterocycles. The molecule has 4 rings (SSSR count). The van der Waals surface area contributed by atoms with Gasteiger partial charge in [-0.05, 0) is 67.2 Å². The minimum Gasteiger partial charge on any atom is -0.444 e. The van der Waals surface area contributed by atoms with Gasteiger partial charge in [-0.15, -0.1) is 0 Å². The number of hydrogen-bond acceptors (Lipinski definition) is 5. The molecule has 0 N–H and O–H groups in total. The van der Waals surface area contributed by atoms with Gasteiger partial charge in [0.2, 0.25) is 5.28 Å². The maximum Gasteiger partial charge on any atom is 0.417 e. The largest absolute Gasteiger partial charge is 0.444 e. The van der Waals surface area contributed by atoms with Crippen molar-refractivity contribution in [2.75, 3.05) is 18.0 Å². The van der Waals surface area contributed by atoms with Gasteiger partial charge in [0.05, 0.1) is 16.1 Å². The topological polar surface area (TPSA) is 58.6 Å². The number of halogens is 6. The zero-order chi connectivity index (χ0) is 23.6. The summed E-state index contributed by atoms with van der Waals surface area (Å²) in [6.45, 7) is 5.90. The lowest BCUT2D eigenvalue weighted by atomic mass is 10.1. The molecular formula is C20H20BrClF4N4O2. The lowest BCUT2D eigenvalue weighted by Crippen LogP contribution is -2.62. The van der Waals surface area contributed by atoms with Gasteiger partial charge in [-0.2, -0.15) is 18.2 Å². The first-order valence-corrected chi connectivity index (χ1v) is 11.1. The minimum absolute atomic E-state index is 0.0102. The van der Waals surface area contributed by atoms with E-state index in [0.717, 1.165) is 18.9 Å². The third kappa shape index (κ3) is 4.46. The first kappa shape index (κ1) is 23.3. The molecule has 2 aromatic rings. The Morgan fingerprint density at radius 1 is 1.22 bits per heavy atom. The number of nitrogens with zero attached hydrogens (tertiary/aromatic N) is 4. The van der Waals surface area contributed by atoms with E-state index in [4.69, 9.17) is 16.3 Å². The molecule has 1 amide bonds. The van der Waals surface area contributed by atoms with Crippen molar-refractivity contribution in [3.05, 3.63) is 27.2 Å². The summed E-state index contributed by atoms with van der Waals surface area (Å²) in [5.74, 6) is -1.02. The standard InChI is InChI=1S/C20H20BrClF4N4O2/c1-19(2,3)32-18(31)29-7-10(8-29)30(9-4-5-9)16-11-6-12(20(24,25)26)13(21)14(23)15(11)27-17(22)28-16/h6,9-10H,4-5,7-8H2,1-3H3. The molecule has 2 heterocycles. The van der Waals surface area contributed by atoms with E-state index in [2.05, 4.69) is 25.9 Å². The predicted octanol–water partition coefficient (Wildman–Crippen LogP) is 5.79. The van der Waals surface area contributed by atoms with Crippen LogP contribution in [-0.2, 0) is 10.9 Å². The zero-order valence-corrected chi connectivity index (χ0v) is 19.8. The Hall–Kier alpha value is -1.88. The van der Waals surface area contributed by atoms with Crippen LogP contribution in [0.5, 0.6) is 0 Å². The molecule has 0 atom stereocenters. The molecule has 0 unspecified atom stereocenters. The second-order valence-corrected chi connectivity index (χ2v) is 10.1. The third-order valence-electron chi connectivity index (χ3n) is 5.22. The highest BCUT2D eigenvalue weighted by molar-refractivity contribution is 9.10. The summed E-state index contributed by atoms with van der Waals surface area (Å²) in [6, 6.07) is 0.634. The van der Waals surface area contributed by atoms with Crippen LogP contribution in [0.3, 0.4) is 0 Å². The summed E-state index contributed by atoms with van der Waals surface area (Å²) < 4.78 is 60.1. The minimum atomic E-state index is -4.78. The van der Waals surface area contributed by atoms with E-state index >= 15 is 0 Å². The fraction of sp³-hybridized carbons (Fsp3) is 0.550. The lowest BCUT2D eigenvalue weighted by molar-refractivity contribution is -0.138. The average Bonchev–Trinajstić information content (AvgIpc) is 3.42. The number of carbonyl (C=O) groups excluding carboxylic acids is 1. The highest BCUT2D eigenvalue weighted by Crippen LogP contribution is 2.44. The fourth-order valence-corrected chi connectivity index (χ4v) is 4.36. The number of amides is 1. The van der Waals surface area contributed by atoms with Crippen molar-refractivity contribution in [2.45, 2.75) is 57.5 Å². The third-order valence-corrected chi connectivity index (χ3v) is 6.17. The summed E-state index contributed by atoms with van der Waals surface area (Å²) >= 11 is 8.72. The molecule has 1 aromatic heterocycles. The van der Waals surface area contributed by atoms with Crippen molar-refractivity contribution < 1.29 is 27.1 Å². The number of ether oxygens (including phenoxy) is 1. The molecule has 1 aromatic carbocycles. The molecule has 2 fully saturated rings. The summed E-state index contributed by atoms with van der Waals surface area (Å²) in [4.78, 5) is 23.7. The maximum absolute atomic E-state index is 14.9. The summed E-state index contributed by atoms with van der Waals surface area (Å²) in [7, 11) is 0. The van der Waals surface area contributed by atoms with Gasteiger partial charge in [-0.25, -0.2) is 14.2 Å². The highest BCUT2D eigenvalue weighted by atomic mass is 79.9. The van der Waals surface area contributed by atoms with Crippen molar-refractivity contribution in [2.24, 2.45) is 0 Å². The molecule has 1 saturated carbocycles. The molecule has 2 aliphatic rings. The molecule has 12 heteroatoms. The molecule has 0 radical (unpaired) electrons. The maximum atomic E-state index is 14.9. The van der Waals surface area contributed by atoms with Crippen LogP contribution in [0.25, 0.3) is 10.9 Å². The zero-order valence-electron chi connectivity index (χ0n) is 17.4. The Morgan fingerprint density at radius 3 is 2.38 bits per heavy atom. The van der Waals surface area contributed by atoms with E-state index in [-0.39, 0.29) is 34.1 Å². The Balaban J connectivity index is 1.73. The van der Waals surface area contributed by atoms with Crippen molar-refractivity contribution >= 4 is 50.3 Å². The van der Waals surface area contributed by atoms with Gasteiger partial charge >= 0.3 is 12.3 Å². The number of fused-ring (bicyclic) bond motifs is 1. The Labute approximate surface area is 195 Å². The fourth-order valence-electron chi connectivity index (χ4n) is 3.67. The normalized spacial score (nSPS) is 17.5. The summed E-state index contributed by atoms with van der Waals surface area (Å²) in [6.07, 6.45) is -3.64. The Morgan fingerprint density at radius 2 is 1.84 bits per heavy atom. The lowest BCUT2D eigenvalue weighted by Gasteiger charge is -2.46. The first-order chi connectivity index (χ1) is 14.8. The van der Waals surface area contributed by atoms with Crippen LogP contribution in [0, 0.1) is 5.82 Å².